The van der Waals surface area contributed by atoms with E-state index in [-0.39, 0.29) is 29.3 Å². The summed E-state index contributed by atoms with van der Waals surface area (Å²) in [5, 5.41) is 5.44. The minimum atomic E-state index is -0.575. The molecule has 1 aliphatic heterocycles. The third-order valence-electron chi connectivity index (χ3n) is 5.41. The maximum absolute atomic E-state index is 12.9. The molecule has 0 aliphatic carbocycles. The van der Waals surface area contributed by atoms with Gasteiger partial charge in [-0.25, -0.2) is 4.79 Å². The number of esters is 1. The molecule has 1 heterocycles. The van der Waals surface area contributed by atoms with Gasteiger partial charge in [-0.15, -0.1) is 0 Å². The van der Waals surface area contributed by atoms with Crippen LogP contribution in [0.15, 0.2) is 89.6 Å². The zero-order valence-electron chi connectivity index (χ0n) is 20.2. The van der Waals surface area contributed by atoms with Crippen LogP contribution in [0.25, 0.3) is 0 Å². The van der Waals surface area contributed by atoms with E-state index in [1.165, 1.54) is 6.07 Å². The molecule has 0 bridgehead atoms. The number of nitrogens with one attached hydrogen (secondary N) is 2. The van der Waals surface area contributed by atoms with Crippen LogP contribution in [0.3, 0.4) is 0 Å². The van der Waals surface area contributed by atoms with Crippen LogP contribution in [-0.2, 0) is 20.9 Å². The third kappa shape index (κ3) is 6.05. The highest BCUT2D eigenvalue weighted by Gasteiger charge is 2.37. The molecule has 0 spiro atoms. The second-order valence-electron chi connectivity index (χ2n) is 8.56. The Morgan fingerprint density at radius 3 is 2.24 bits per heavy atom. The van der Waals surface area contributed by atoms with Gasteiger partial charge >= 0.3 is 5.97 Å². The van der Waals surface area contributed by atoms with Gasteiger partial charge in [0.2, 0.25) is 0 Å². The van der Waals surface area contributed by atoms with Crippen LogP contribution in [0.2, 0.25) is 0 Å². The Bertz CT molecular complexity index is 1380. The van der Waals surface area contributed by atoms with Gasteiger partial charge in [0.05, 0.1) is 18.2 Å². The number of imide groups is 1. The lowest BCUT2D eigenvalue weighted by Crippen LogP contribution is -2.31. The SMILES string of the molecule is CC(C)OC(=O)c1cccc(NC(=O)c2ccc(NC3=C(Cl)C(=O)N(Cc4ccccc4)C3=O)cc2)c1. The molecule has 8 nitrogen and oxygen atoms in total. The zero-order valence-corrected chi connectivity index (χ0v) is 20.9. The first-order valence-corrected chi connectivity index (χ1v) is 11.9. The summed E-state index contributed by atoms with van der Waals surface area (Å²) in [5.74, 6) is -1.97. The molecule has 37 heavy (non-hydrogen) atoms. The lowest BCUT2D eigenvalue weighted by Gasteiger charge is -2.15. The molecular formula is C28H24ClN3O5. The Morgan fingerprint density at radius 1 is 0.865 bits per heavy atom. The van der Waals surface area contributed by atoms with E-state index in [0.29, 0.717) is 22.5 Å². The minimum absolute atomic E-state index is 0.0232. The maximum Gasteiger partial charge on any atom is 0.338 e. The highest BCUT2D eigenvalue weighted by molar-refractivity contribution is 6.48. The molecule has 0 radical (unpaired) electrons. The van der Waals surface area contributed by atoms with Crippen molar-refractivity contribution >= 4 is 46.7 Å². The van der Waals surface area contributed by atoms with Gasteiger partial charge in [-0.05, 0) is 61.9 Å². The molecule has 188 valence electrons. The fraction of sp³-hybridized carbons (Fsp3) is 0.143. The Balaban J connectivity index is 1.41. The van der Waals surface area contributed by atoms with Crippen molar-refractivity contribution in [1.82, 2.24) is 4.90 Å². The van der Waals surface area contributed by atoms with Crippen molar-refractivity contribution in [2.45, 2.75) is 26.5 Å². The Labute approximate surface area is 218 Å². The molecule has 0 saturated carbocycles. The van der Waals surface area contributed by atoms with Crippen LogP contribution in [0.5, 0.6) is 0 Å². The molecule has 3 aromatic carbocycles. The number of halogens is 1. The standard InChI is InChI=1S/C28H24ClN3O5/c1-17(2)37-28(36)20-9-6-10-22(15-20)31-25(33)19-11-13-21(14-12-19)30-24-23(29)26(34)32(27(24)35)16-18-7-4-3-5-8-18/h3-15,17,30H,16H2,1-2H3,(H,31,33). The highest BCUT2D eigenvalue weighted by atomic mass is 35.5. The number of rotatable bonds is 8. The van der Waals surface area contributed by atoms with Crippen LogP contribution < -0.4 is 10.6 Å². The van der Waals surface area contributed by atoms with Gasteiger partial charge in [-0.1, -0.05) is 48.0 Å². The number of anilines is 2. The number of carbonyl (C=O) groups excluding carboxylic acids is 4. The van der Waals surface area contributed by atoms with Crippen LogP contribution in [0, 0.1) is 0 Å². The fourth-order valence-electron chi connectivity index (χ4n) is 3.62. The molecule has 3 aromatic rings. The molecule has 0 atom stereocenters. The normalized spacial score (nSPS) is 13.2. The predicted molar refractivity (Wildman–Crippen MR) is 140 cm³/mol. The predicted octanol–water partition coefficient (Wildman–Crippen LogP) is 4.94. The van der Waals surface area contributed by atoms with Crippen molar-refractivity contribution in [3.05, 3.63) is 106 Å². The van der Waals surface area contributed by atoms with Gasteiger partial charge in [0.1, 0.15) is 10.7 Å². The third-order valence-corrected chi connectivity index (χ3v) is 5.76. The van der Waals surface area contributed by atoms with E-state index in [1.807, 2.05) is 30.3 Å². The number of benzene rings is 3. The quantitative estimate of drug-likeness (QED) is 0.324. The molecule has 9 heteroatoms. The number of carbonyl (C=O) groups is 4. The number of amides is 3. The molecular weight excluding hydrogens is 494 g/mol. The average Bonchev–Trinajstić information content (AvgIpc) is 3.08. The lowest BCUT2D eigenvalue weighted by atomic mass is 10.1. The van der Waals surface area contributed by atoms with Gasteiger partial charge in [0.15, 0.2) is 0 Å². The van der Waals surface area contributed by atoms with E-state index >= 15 is 0 Å². The van der Waals surface area contributed by atoms with Crippen LogP contribution in [-0.4, -0.2) is 34.7 Å². The minimum Gasteiger partial charge on any atom is -0.459 e. The van der Waals surface area contributed by atoms with Crippen LogP contribution in [0.1, 0.15) is 40.1 Å². The first-order chi connectivity index (χ1) is 17.7. The molecule has 3 amide bonds. The molecule has 0 fully saturated rings. The molecule has 4 rings (SSSR count). The van der Waals surface area contributed by atoms with Crippen molar-refractivity contribution in [1.29, 1.82) is 0 Å². The Kier molecular flexibility index (Phi) is 7.69. The Morgan fingerprint density at radius 2 is 1.57 bits per heavy atom. The summed E-state index contributed by atoms with van der Waals surface area (Å²) in [6.45, 7) is 3.62. The van der Waals surface area contributed by atoms with Crippen molar-refractivity contribution in [2.75, 3.05) is 10.6 Å². The van der Waals surface area contributed by atoms with Gasteiger partial charge in [-0.2, -0.15) is 0 Å². The summed E-state index contributed by atoms with van der Waals surface area (Å²) in [5.41, 5.74) is 2.37. The molecule has 0 saturated heterocycles. The summed E-state index contributed by atoms with van der Waals surface area (Å²) in [6.07, 6.45) is -0.256. The van der Waals surface area contributed by atoms with Crippen molar-refractivity contribution in [2.24, 2.45) is 0 Å². The topological polar surface area (TPSA) is 105 Å². The van der Waals surface area contributed by atoms with Gasteiger partial charge in [0.25, 0.3) is 17.7 Å². The summed E-state index contributed by atoms with van der Waals surface area (Å²) >= 11 is 6.18. The second kappa shape index (κ2) is 11.1. The number of hydrogen-bond donors (Lipinski definition) is 2. The average molecular weight is 518 g/mol. The summed E-state index contributed by atoms with van der Waals surface area (Å²) in [4.78, 5) is 51.3. The van der Waals surface area contributed by atoms with E-state index in [2.05, 4.69) is 10.6 Å². The molecule has 0 aromatic heterocycles. The van der Waals surface area contributed by atoms with E-state index < -0.39 is 17.8 Å². The highest BCUT2D eigenvalue weighted by Crippen LogP contribution is 2.27. The summed E-state index contributed by atoms with van der Waals surface area (Å²) in [7, 11) is 0. The van der Waals surface area contributed by atoms with Gasteiger partial charge < -0.3 is 15.4 Å². The molecule has 1 aliphatic rings. The summed E-state index contributed by atoms with van der Waals surface area (Å²) < 4.78 is 5.19. The van der Waals surface area contributed by atoms with Crippen LogP contribution >= 0.6 is 11.6 Å². The van der Waals surface area contributed by atoms with E-state index in [1.54, 1.807) is 56.3 Å². The van der Waals surface area contributed by atoms with E-state index in [9.17, 15) is 19.2 Å². The zero-order chi connectivity index (χ0) is 26.5. The fourth-order valence-corrected chi connectivity index (χ4v) is 3.85. The number of ether oxygens (including phenoxy) is 1. The lowest BCUT2D eigenvalue weighted by molar-refractivity contribution is -0.138. The number of nitrogens with zero attached hydrogens (tertiary/aromatic N) is 1. The van der Waals surface area contributed by atoms with Crippen molar-refractivity contribution in [3.63, 3.8) is 0 Å². The van der Waals surface area contributed by atoms with Crippen LogP contribution in [0.4, 0.5) is 11.4 Å². The van der Waals surface area contributed by atoms with Crippen molar-refractivity contribution < 1.29 is 23.9 Å². The largest absolute Gasteiger partial charge is 0.459 e. The Hall–Kier alpha value is -4.43. The van der Waals surface area contributed by atoms with Gasteiger partial charge in [0, 0.05) is 16.9 Å². The van der Waals surface area contributed by atoms with Gasteiger partial charge in [-0.3, -0.25) is 19.3 Å². The molecule has 2 N–H and O–H groups in total. The monoisotopic (exact) mass is 517 g/mol. The van der Waals surface area contributed by atoms with E-state index in [4.69, 9.17) is 16.3 Å². The first-order valence-electron chi connectivity index (χ1n) is 11.5. The number of hydrogen-bond acceptors (Lipinski definition) is 6. The van der Waals surface area contributed by atoms with E-state index in [0.717, 1.165) is 10.5 Å². The smallest absolute Gasteiger partial charge is 0.338 e. The first kappa shape index (κ1) is 25.7. The molecule has 0 unspecified atom stereocenters. The van der Waals surface area contributed by atoms with Crippen molar-refractivity contribution in [3.8, 4) is 0 Å². The second-order valence-corrected chi connectivity index (χ2v) is 8.94. The maximum atomic E-state index is 12.9. The summed E-state index contributed by atoms with van der Waals surface area (Å²) in [6, 6.07) is 21.9.